The number of nitrogens with zero attached hydrogens (tertiary/aromatic N) is 2. The number of hydrogen-bond acceptors (Lipinski definition) is 4. The predicted octanol–water partition coefficient (Wildman–Crippen LogP) is -4.02. The molecule has 0 spiro atoms. The summed E-state index contributed by atoms with van der Waals surface area (Å²) in [6.45, 7) is 11.7. The van der Waals surface area contributed by atoms with Gasteiger partial charge in [-0.05, 0) is 24.1 Å². The van der Waals surface area contributed by atoms with Crippen LogP contribution in [0.1, 0.15) is 26.3 Å². The van der Waals surface area contributed by atoms with E-state index >= 15 is 0 Å². The summed E-state index contributed by atoms with van der Waals surface area (Å²) in [5, 5.41) is 10.2. The zero-order chi connectivity index (χ0) is 16.2. The fourth-order valence-electron chi connectivity index (χ4n) is 2.78. The highest BCUT2D eigenvalue weighted by atomic mass is 35.5. The Bertz CT molecular complexity index is 472. The number of para-hydroxylation sites is 1. The normalized spacial score (nSPS) is 17.5. The maximum atomic E-state index is 10.2. The number of ether oxygens (including phenoxy) is 1. The van der Waals surface area contributed by atoms with Gasteiger partial charge in [-0.15, -0.1) is 0 Å². The van der Waals surface area contributed by atoms with Gasteiger partial charge in [0.1, 0.15) is 18.5 Å². The second kappa shape index (κ2) is 10.5. The van der Waals surface area contributed by atoms with Gasteiger partial charge in [0.15, 0.2) is 0 Å². The standard InChI is InChI=1S/C18H30N2O2.2ClH/c1-18(2,3)16-7-5-6-8-17(16)22-14-15(21)13-20-11-9-19(4)10-12-20;;/h5-8,15,21H,9-14H2,1-4H3;2*1H/p-2. The average molecular weight is 377 g/mol. The first-order valence-corrected chi connectivity index (χ1v) is 8.17. The van der Waals surface area contributed by atoms with Crippen LogP contribution in [0.5, 0.6) is 5.75 Å². The second-order valence-corrected chi connectivity index (χ2v) is 7.31. The molecule has 0 bridgehead atoms. The maximum absolute atomic E-state index is 10.2. The molecule has 0 aliphatic carbocycles. The molecule has 1 saturated heterocycles. The van der Waals surface area contributed by atoms with Crippen LogP contribution >= 0.6 is 0 Å². The van der Waals surface area contributed by atoms with Crippen LogP contribution in [-0.4, -0.2) is 67.4 Å². The smallest absolute Gasteiger partial charge is 0.123 e. The van der Waals surface area contributed by atoms with Crippen LogP contribution in [0.4, 0.5) is 0 Å². The highest BCUT2D eigenvalue weighted by Gasteiger charge is 2.20. The molecule has 0 radical (unpaired) electrons. The summed E-state index contributed by atoms with van der Waals surface area (Å²) in [6, 6.07) is 8.11. The third kappa shape index (κ3) is 7.16. The third-order valence-corrected chi connectivity index (χ3v) is 4.19. The van der Waals surface area contributed by atoms with Gasteiger partial charge in [0.25, 0.3) is 0 Å². The number of piperazine rings is 1. The molecule has 1 fully saturated rings. The van der Waals surface area contributed by atoms with Gasteiger partial charge in [0.05, 0.1) is 0 Å². The topological polar surface area (TPSA) is 35.9 Å². The molecule has 2 rings (SSSR count). The molecule has 6 heteroatoms. The predicted molar refractivity (Wildman–Crippen MR) is 90.6 cm³/mol. The van der Waals surface area contributed by atoms with Crippen LogP contribution in [0.2, 0.25) is 0 Å². The molecular formula is C18H30Cl2N2O2-2. The number of halogens is 2. The van der Waals surface area contributed by atoms with Gasteiger partial charge in [-0.2, -0.15) is 0 Å². The number of rotatable bonds is 5. The Morgan fingerprint density at radius 2 is 1.67 bits per heavy atom. The van der Waals surface area contributed by atoms with E-state index in [2.05, 4.69) is 43.7 Å². The van der Waals surface area contributed by atoms with E-state index < -0.39 is 6.10 Å². The zero-order valence-corrected chi connectivity index (χ0v) is 16.6. The van der Waals surface area contributed by atoms with E-state index in [4.69, 9.17) is 4.74 Å². The van der Waals surface area contributed by atoms with Crippen molar-refractivity contribution in [1.82, 2.24) is 9.80 Å². The Hall–Kier alpha value is -0.520. The van der Waals surface area contributed by atoms with Gasteiger partial charge in [-0.3, -0.25) is 4.90 Å². The van der Waals surface area contributed by atoms with E-state index in [9.17, 15) is 5.11 Å². The molecule has 1 aliphatic rings. The highest BCUT2D eigenvalue weighted by Crippen LogP contribution is 2.30. The first-order chi connectivity index (χ1) is 10.4. The van der Waals surface area contributed by atoms with Crippen LogP contribution < -0.4 is 29.6 Å². The van der Waals surface area contributed by atoms with E-state index in [1.165, 1.54) is 5.56 Å². The fourth-order valence-corrected chi connectivity index (χ4v) is 2.78. The van der Waals surface area contributed by atoms with Crippen molar-refractivity contribution in [1.29, 1.82) is 0 Å². The molecule has 0 amide bonds. The van der Waals surface area contributed by atoms with Gasteiger partial charge in [0.2, 0.25) is 0 Å². The van der Waals surface area contributed by atoms with Crippen LogP contribution in [0, 0.1) is 0 Å². The molecule has 1 aliphatic heterocycles. The molecule has 140 valence electrons. The number of β-amino-alcohol motifs (C(OH)–C–C–N with tert-alkyl or cyclic N) is 1. The Morgan fingerprint density at radius 3 is 2.25 bits per heavy atom. The van der Waals surface area contributed by atoms with Gasteiger partial charge in [0, 0.05) is 32.7 Å². The highest BCUT2D eigenvalue weighted by molar-refractivity contribution is 5.38. The summed E-state index contributed by atoms with van der Waals surface area (Å²) in [7, 11) is 2.14. The molecular weight excluding hydrogens is 347 g/mol. The molecule has 1 aromatic rings. The van der Waals surface area contributed by atoms with Gasteiger partial charge in [-0.1, -0.05) is 39.0 Å². The van der Waals surface area contributed by atoms with E-state index in [1.807, 2.05) is 18.2 Å². The summed E-state index contributed by atoms with van der Waals surface area (Å²) >= 11 is 0. The Kier molecular flexibility index (Phi) is 10.2. The van der Waals surface area contributed by atoms with E-state index in [0.29, 0.717) is 13.2 Å². The molecule has 4 nitrogen and oxygen atoms in total. The number of benzene rings is 1. The van der Waals surface area contributed by atoms with Gasteiger partial charge >= 0.3 is 0 Å². The van der Waals surface area contributed by atoms with Crippen molar-refractivity contribution in [3.05, 3.63) is 29.8 Å². The van der Waals surface area contributed by atoms with Crippen molar-refractivity contribution in [3.8, 4) is 5.75 Å². The molecule has 1 unspecified atom stereocenters. The summed E-state index contributed by atoms with van der Waals surface area (Å²) in [4.78, 5) is 4.63. The lowest BCUT2D eigenvalue weighted by Crippen LogP contribution is -3.00. The van der Waals surface area contributed by atoms with E-state index in [0.717, 1.165) is 31.9 Å². The lowest BCUT2D eigenvalue weighted by Gasteiger charge is -2.33. The average Bonchev–Trinajstić information content (AvgIpc) is 2.47. The SMILES string of the molecule is CN1CCN(CC(O)COc2ccccc2C(C)(C)C)CC1.[Cl-].[Cl-]. The lowest BCUT2D eigenvalue weighted by molar-refractivity contribution is -0.00100. The molecule has 24 heavy (non-hydrogen) atoms. The number of hydrogen-bond donors (Lipinski definition) is 1. The molecule has 0 aromatic heterocycles. The quantitative estimate of drug-likeness (QED) is 0.567. The summed E-state index contributed by atoms with van der Waals surface area (Å²) < 4.78 is 5.90. The van der Waals surface area contributed by atoms with Crippen molar-refractivity contribution in [2.75, 3.05) is 46.4 Å². The van der Waals surface area contributed by atoms with Gasteiger partial charge < -0.3 is 39.6 Å². The maximum Gasteiger partial charge on any atom is 0.123 e. The summed E-state index contributed by atoms with van der Waals surface area (Å²) in [6.07, 6.45) is -0.448. The Morgan fingerprint density at radius 1 is 1.08 bits per heavy atom. The van der Waals surface area contributed by atoms with Crippen molar-refractivity contribution in [2.24, 2.45) is 0 Å². The minimum atomic E-state index is -0.448. The van der Waals surface area contributed by atoms with Crippen LogP contribution in [0.15, 0.2) is 24.3 Å². The van der Waals surface area contributed by atoms with E-state index in [1.54, 1.807) is 0 Å². The minimum absolute atomic E-state index is 0. The first-order valence-electron chi connectivity index (χ1n) is 8.17. The van der Waals surface area contributed by atoms with Crippen molar-refractivity contribution >= 4 is 0 Å². The largest absolute Gasteiger partial charge is 1.00 e. The van der Waals surface area contributed by atoms with E-state index in [-0.39, 0.29) is 30.2 Å². The van der Waals surface area contributed by atoms with Crippen molar-refractivity contribution in [3.63, 3.8) is 0 Å². The van der Waals surface area contributed by atoms with Gasteiger partial charge in [-0.25, -0.2) is 0 Å². The third-order valence-electron chi connectivity index (χ3n) is 4.19. The first kappa shape index (κ1) is 23.5. The molecule has 1 heterocycles. The molecule has 1 N–H and O–H groups in total. The minimum Gasteiger partial charge on any atom is -1.00 e. The van der Waals surface area contributed by atoms with Crippen LogP contribution in [0.25, 0.3) is 0 Å². The summed E-state index contributed by atoms with van der Waals surface area (Å²) in [5.41, 5.74) is 1.22. The fraction of sp³-hybridized carbons (Fsp3) is 0.667. The number of aliphatic hydroxyl groups excluding tert-OH is 1. The molecule has 0 saturated carbocycles. The Balaban J connectivity index is 0.00000264. The monoisotopic (exact) mass is 376 g/mol. The zero-order valence-electron chi connectivity index (χ0n) is 15.1. The number of likely N-dealkylation sites (N-methyl/N-ethyl adjacent to an activating group) is 1. The van der Waals surface area contributed by atoms with Crippen molar-refractivity contribution in [2.45, 2.75) is 32.3 Å². The van der Waals surface area contributed by atoms with Crippen LogP contribution in [-0.2, 0) is 5.41 Å². The molecule has 1 atom stereocenters. The second-order valence-electron chi connectivity index (χ2n) is 7.31. The van der Waals surface area contributed by atoms with Crippen LogP contribution in [0.3, 0.4) is 0 Å². The number of aliphatic hydroxyl groups is 1. The lowest BCUT2D eigenvalue weighted by atomic mass is 9.86. The Labute approximate surface area is 159 Å². The molecule has 1 aromatic carbocycles. The summed E-state index contributed by atoms with van der Waals surface area (Å²) in [5.74, 6) is 0.882. The van der Waals surface area contributed by atoms with Crippen molar-refractivity contribution < 1.29 is 34.7 Å².